The van der Waals surface area contributed by atoms with Crippen molar-refractivity contribution in [3.05, 3.63) is 5.15 Å². The molecule has 0 aliphatic carbocycles. The van der Waals surface area contributed by atoms with Crippen molar-refractivity contribution in [1.82, 2.24) is 8.75 Å². The Morgan fingerprint density at radius 2 is 2.46 bits per heavy atom. The number of nitrogens with two attached hydrogens (primary N) is 1. The van der Waals surface area contributed by atoms with E-state index >= 15 is 0 Å². The maximum Gasteiger partial charge on any atom is 0.219 e. The van der Waals surface area contributed by atoms with E-state index < -0.39 is 0 Å². The van der Waals surface area contributed by atoms with Crippen molar-refractivity contribution in [2.24, 2.45) is 5.73 Å². The normalized spacial score (nSPS) is 12.5. The average molecular weight is 221 g/mol. The predicted molar refractivity (Wildman–Crippen MR) is 51.8 cm³/mol. The van der Waals surface area contributed by atoms with Crippen LogP contribution < -0.4 is 11.1 Å². The van der Waals surface area contributed by atoms with Gasteiger partial charge in [-0.2, -0.15) is 8.75 Å². The number of amides is 1. The van der Waals surface area contributed by atoms with Crippen molar-refractivity contribution in [2.45, 2.75) is 19.4 Å². The molecule has 7 heteroatoms. The summed E-state index contributed by atoms with van der Waals surface area (Å²) in [5.74, 6) is 0.139. The first kappa shape index (κ1) is 10.2. The van der Waals surface area contributed by atoms with Crippen LogP contribution >= 0.6 is 23.3 Å². The number of primary amides is 1. The second-order valence-electron chi connectivity index (χ2n) is 2.62. The van der Waals surface area contributed by atoms with Crippen LogP contribution in [0.1, 0.15) is 13.3 Å². The zero-order valence-electron chi connectivity index (χ0n) is 6.95. The van der Waals surface area contributed by atoms with Gasteiger partial charge in [-0.1, -0.05) is 11.6 Å². The Kier molecular flexibility index (Phi) is 3.44. The molecule has 0 saturated heterocycles. The molecule has 1 aromatic rings. The summed E-state index contributed by atoms with van der Waals surface area (Å²) < 4.78 is 7.66. The van der Waals surface area contributed by atoms with Gasteiger partial charge in [0.1, 0.15) is 0 Å². The van der Waals surface area contributed by atoms with Crippen LogP contribution in [0.2, 0.25) is 5.15 Å². The molecule has 0 aliphatic rings. The standard InChI is InChI=1S/C6H9ClN4OS/c1-3(2-4(8)12)9-6-5(7)10-13-11-6/h3H,2H2,1H3,(H2,8,12)(H,9,11). The lowest BCUT2D eigenvalue weighted by molar-refractivity contribution is -0.118. The second-order valence-corrected chi connectivity index (χ2v) is 3.51. The molecule has 0 saturated carbocycles. The maximum absolute atomic E-state index is 10.5. The van der Waals surface area contributed by atoms with E-state index in [1.54, 1.807) is 0 Å². The molecule has 72 valence electrons. The highest BCUT2D eigenvalue weighted by Gasteiger charge is 2.10. The third-order valence-corrected chi connectivity index (χ3v) is 2.23. The average Bonchev–Trinajstić information content (AvgIpc) is 2.34. The summed E-state index contributed by atoms with van der Waals surface area (Å²) in [4.78, 5) is 10.5. The number of carbonyl (C=O) groups excluding carboxylic acids is 1. The van der Waals surface area contributed by atoms with E-state index in [0.29, 0.717) is 11.0 Å². The van der Waals surface area contributed by atoms with E-state index in [0.717, 1.165) is 11.7 Å². The van der Waals surface area contributed by atoms with Crippen LogP contribution in [0.5, 0.6) is 0 Å². The Labute approximate surface area is 84.6 Å². The van der Waals surface area contributed by atoms with Crippen molar-refractivity contribution in [1.29, 1.82) is 0 Å². The van der Waals surface area contributed by atoms with Crippen molar-refractivity contribution in [3.8, 4) is 0 Å². The Bertz CT molecular complexity index is 303. The summed E-state index contributed by atoms with van der Waals surface area (Å²) in [5, 5.41) is 3.25. The fourth-order valence-corrected chi connectivity index (χ4v) is 1.51. The Morgan fingerprint density at radius 3 is 2.92 bits per heavy atom. The summed E-state index contributed by atoms with van der Waals surface area (Å²) in [5.41, 5.74) is 5.02. The number of hydrogen-bond acceptors (Lipinski definition) is 5. The van der Waals surface area contributed by atoms with Gasteiger partial charge in [0.25, 0.3) is 0 Å². The van der Waals surface area contributed by atoms with Gasteiger partial charge >= 0.3 is 0 Å². The molecule has 1 rings (SSSR count). The van der Waals surface area contributed by atoms with Gasteiger partial charge in [0, 0.05) is 12.5 Å². The number of nitrogens with zero attached hydrogens (tertiary/aromatic N) is 2. The van der Waals surface area contributed by atoms with E-state index in [-0.39, 0.29) is 18.4 Å². The number of anilines is 1. The third-order valence-electron chi connectivity index (χ3n) is 1.34. The number of nitrogens with one attached hydrogen (secondary N) is 1. The van der Waals surface area contributed by atoms with Gasteiger partial charge in [-0.25, -0.2) is 0 Å². The van der Waals surface area contributed by atoms with E-state index in [2.05, 4.69) is 14.1 Å². The van der Waals surface area contributed by atoms with Gasteiger partial charge in [0.05, 0.1) is 11.7 Å². The molecular formula is C6H9ClN4OS. The molecule has 1 amide bonds. The molecule has 1 aromatic heterocycles. The van der Waals surface area contributed by atoms with E-state index in [1.165, 1.54) is 0 Å². The van der Waals surface area contributed by atoms with Crippen LogP contribution in [0.25, 0.3) is 0 Å². The van der Waals surface area contributed by atoms with Gasteiger partial charge < -0.3 is 11.1 Å². The number of rotatable bonds is 4. The minimum Gasteiger partial charge on any atom is -0.370 e. The summed E-state index contributed by atoms with van der Waals surface area (Å²) in [6, 6.07) is -0.0844. The SMILES string of the molecule is CC(CC(N)=O)Nc1nsnc1Cl. The minimum atomic E-state index is -0.362. The summed E-state index contributed by atoms with van der Waals surface area (Å²) in [6.07, 6.45) is 0.244. The van der Waals surface area contributed by atoms with E-state index in [1.807, 2.05) is 6.92 Å². The minimum absolute atomic E-state index is 0.0844. The molecule has 0 radical (unpaired) electrons. The van der Waals surface area contributed by atoms with Crippen molar-refractivity contribution >= 4 is 35.1 Å². The molecule has 0 fully saturated rings. The topological polar surface area (TPSA) is 80.9 Å². The molecule has 0 aliphatic heterocycles. The lowest BCUT2D eigenvalue weighted by Gasteiger charge is -2.09. The van der Waals surface area contributed by atoms with Crippen molar-refractivity contribution in [2.75, 3.05) is 5.32 Å². The summed E-state index contributed by atoms with van der Waals surface area (Å²) in [6.45, 7) is 1.82. The first-order valence-corrected chi connectivity index (χ1v) is 4.73. The zero-order valence-corrected chi connectivity index (χ0v) is 8.52. The van der Waals surface area contributed by atoms with Crippen LogP contribution in [-0.4, -0.2) is 20.7 Å². The number of hydrogen-bond donors (Lipinski definition) is 2. The fourth-order valence-electron chi connectivity index (χ4n) is 0.850. The lowest BCUT2D eigenvalue weighted by Crippen LogP contribution is -2.24. The van der Waals surface area contributed by atoms with Crippen LogP contribution in [0, 0.1) is 0 Å². The first-order chi connectivity index (χ1) is 6.09. The number of aromatic nitrogens is 2. The fraction of sp³-hybridized carbons (Fsp3) is 0.500. The van der Waals surface area contributed by atoms with E-state index in [9.17, 15) is 4.79 Å². The highest BCUT2D eigenvalue weighted by atomic mass is 35.5. The smallest absolute Gasteiger partial charge is 0.219 e. The second kappa shape index (κ2) is 4.38. The molecule has 1 heterocycles. The first-order valence-electron chi connectivity index (χ1n) is 3.62. The molecule has 13 heavy (non-hydrogen) atoms. The Morgan fingerprint density at radius 1 is 1.77 bits per heavy atom. The Balaban J connectivity index is 2.49. The molecular weight excluding hydrogens is 212 g/mol. The maximum atomic E-state index is 10.5. The monoisotopic (exact) mass is 220 g/mol. The van der Waals surface area contributed by atoms with Crippen molar-refractivity contribution in [3.63, 3.8) is 0 Å². The summed E-state index contributed by atoms with van der Waals surface area (Å²) >= 11 is 6.70. The van der Waals surface area contributed by atoms with Gasteiger partial charge in [0.15, 0.2) is 11.0 Å². The predicted octanol–water partition coefficient (Wildman–Crippen LogP) is 0.867. The van der Waals surface area contributed by atoms with Gasteiger partial charge in [-0.3, -0.25) is 4.79 Å². The number of halogens is 1. The van der Waals surface area contributed by atoms with E-state index in [4.69, 9.17) is 17.3 Å². The molecule has 5 nitrogen and oxygen atoms in total. The van der Waals surface area contributed by atoms with Crippen LogP contribution in [0.3, 0.4) is 0 Å². The highest BCUT2D eigenvalue weighted by Crippen LogP contribution is 2.18. The molecule has 3 N–H and O–H groups in total. The van der Waals surface area contributed by atoms with Crippen LogP contribution in [-0.2, 0) is 4.79 Å². The highest BCUT2D eigenvalue weighted by molar-refractivity contribution is 6.99. The van der Waals surface area contributed by atoms with Gasteiger partial charge in [-0.05, 0) is 6.92 Å². The van der Waals surface area contributed by atoms with Crippen LogP contribution in [0.15, 0.2) is 0 Å². The molecule has 1 atom stereocenters. The summed E-state index contributed by atoms with van der Waals surface area (Å²) in [7, 11) is 0. The zero-order chi connectivity index (χ0) is 9.84. The molecule has 1 unspecified atom stereocenters. The van der Waals surface area contributed by atoms with Gasteiger partial charge in [0.2, 0.25) is 5.91 Å². The largest absolute Gasteiger partial charge is 0.370 e. The Hall–Kier alpha value is -0.880. The number of carbonyl (C=O) groups is 1. The quantitative estimate of drug-likeness (QED) is 0.789. The van der Waals surface area contributed by atoms with Crippen LogP contribution in [0.4, 0.5) is 5.82 Å². The van der Waals surface area contributed by atoms with Gasteiger partial charge in [-0.15, -0.1) is 0 Å². The molecule has 0 aromatic carbocycles. The third kappa shape index (κ3) is 3.16. The van der Waals surface area contributed by atoms with Crippen molar-refractivity contribution < 1.29 is 4.79 Å². The lowest BCUT2D eigenvalue weighted by atomic mass is 10.2. The molecule has 0 spiro atoms. The molecule has 0 bridgehead atoms.